The molecule has 0 aromatic carbocycles. The summed E-state index contributed by atoms with van der Waals surface area (Å²) in [6.45, 7) is -0.758. The van der Waals surface area contributed by atoms with Gasteiger partial charge in [-0.3, -0.25) is 0 Å². The number of halogens is 1. The number of nitrogens with zero attached hydrogens (tertiary/aromatic N) is 1. The van der Waals surface area contributed by atoms with Crippen molar-refractivity contribution in [1.82, 2.24) is 4.98 Å². The number of thiazole rings is 1. The van der Waals surface area contributed by atoms with Gasteiger partial charge in [0.1, 0.15) is 6.67 Å². The normalized spacial score (nSPS) is 9.70. The summed E-state index contributed by atoms with van der Waals surface area (Å²) in [6, 6.07) is 0. The van der Waals surface area contributed by atoms with Crippen LogP contribution in [-0.4, -0.2) is 16.1 Å². The van der Waals surface area contributed by atoms with E-state index in [0.29, 0.717) is 0 Å². The first-order valence-electron chi connectivity index (χ1n) is 2.47. The molecule has 1 rings (SSSR count). The molecule has 0 amide bonds. The highest BCUT2D eigenvalue weighted by Gasteiger charge is 2.11. The van der Waals surface area contributed by atoms with Crippen LogP contribution in [0.25, 0.3) is 0 Å². The Morgan fingerprint density at radius 1 is 1.90 bits per heavy atom. The summed E-state index contributed by atoms with van der Waals surface area (Å²) in [5, 5.41) is 8.36. The van der Waals surface area contributed by atoms with E-state index in [9.17, 15) is 9.18 Å². The molecule has 0 radical (unpaired) electrons. The van der Waals surface area contributed by atoms with E-state index in [1.165, 1.54) is 5.51 Å². The smallest absolute Gasteiger partial charge is 0.355 e. The zero-order valence-electron chi connectivity index (χ0n) is 4.87. The van der Waals surface area contributed by atoms with Crippen molar-refractivity contribution in [3.8, 4) is 0 Å². The fraction of sp³-hybridized carbons (Fsp3) is 0.200. The van der Waals surface area contributed by atoms with Crippen LogP contribution in [0.15, 0.2) is 5.51 Å². The van der Waals surface area contributed by atoms with Gasteiger partial charge in [-0.1, -0.05) is 0 Å². The lowest BCUT2D eigenvalue weighted by Gasteiger charge is -1.87. The van der Waals surface area contributed by atoms with Gasteiger partial charge in [-0.2, -0.15) is 0 Å². The second-order valence-electron chi connectivity index (χ2n) is 1.56. The number of carboxylic acids is 1. The SMILES string of the molecule is O=C(O)c1ncsc1CF. The van der Waals surface area contributed by atoms with Crippen molar-refractivity contribution >= 4 is 17.3 Å². The average molecular weight is 161 g/mol. The molecular formula is C5H4FNO2S. The summed E-state index contributed by atoms with van der Waals surface area (Å²) >= 11 is 1.01. The Kier molecular flexibility index (Phi) is 1.96. The minimum absolute atomic E-state index is 0.174. The molecule has 1 aromatic heterocycles. The molecule has 10 heavy (non-hydrogen) atoms. The molecule has 0 atom stereocenters. The number of carboxylic acid groups (broad SMARTS) is 1. The highest BCUT2D eigenvalue weighted by molar-refractivity contribution is 7.09. The highest BCUT2D eigenvalue weighted by Crippen LogP contribution is 2.13. The van der Waals surface area contributed by atoms with Crippen LogP contribution in [0.1, 0.15) is 15.4 Å². The van der Waals surface area contributed by atoms with Crippen molar-refractivity contribution in [1.29, 1.82) is 0 Å². The lowest BCUT2D eigenvalue weighted by Crippen LogP contribution is -1.99. The average Bonchev–Trinajstić information content (AvgIpc) is 2.33. The maximum atomic E-state index is 11.9. The second kappa shape index (κ2) is 2.74. The summed E-state index contributed by atoms with van der Waals surface area (Å²) in [5.41, 5.74) is 1.14. The molecule has 1 N–H and O–H groups in total. The summed E-state index contributed by atoms with van der Waals surface area (Å²) in [5.74, 6) is -1.17. The van der Waals surface area contributed by atoms with Crippen LogP contribution in [0.3, 0.4) is 0 Å². The predicted octanol–water partition coefficient (Wildman–Crippen LogP) is 1.31. The van der Waals surface area contributed by atoms with Gasteiger partial charge in [0.05, 0.1) is 10.4 Å². The molecule has 5 heteroatoms. The van der Waals surface area contributed by atoms with Crippen molar-refractivity contribution in [2.45, 2.75) is 6.67 Å². The summed E-state index contributed by atoms with van der Waals surface area (Å²) < 4.78 is 11.9. The van der Waals surface area contributed by atoms with Gasteiger partial charge in [0.2, 0.25) is 0 Å². The number of carbonyl (C=O) groups is 1. The second-order valence-corrected chi connectivity index (χ2v) is 2.50. The standard InChI is InChI=1S/C5H4FNO2S/c6-1-3-4(5(8)9)7-2-10-3/h2H,1H2,(H,8,9). The molecule has 0 aliphatic rings. The first-order chi connectivity index (χ1) is 4.75. The molecule has 0 unspecified atom stereocenters. The minimum atomic E-state index is -1.17. The number of alkyl halides is 1. The van der Waals surface area contributed by atoms with E-state index < -0.39 is 12.6 Å². The Morgan fingerprint density at radius 3 is 3.00 bits per heavy atom. The lowest BCUT2D eigenvalue weighted by atomic mass is 10.4. The predicted molar refractivity (Wildman–Crippen MR) is 33.9 cm³/mol. The van der Waals surface area contributed by atoms with E-state index in [0.717, 1.165) is 11.3 Å². The molecule has 3 nitrogen and oxygen atoms in total. The van der Waals surface area contributed by atoms with Gasteiger partial charge in [0, 0.05) is 0 Å². The van der Waals surface area contributed by atoms with Gasteiger partial charge in [0.25, 0.3) is 0 Å². The largest absolute Gasteiger partial charge is 0.476 e. The monoisotopic (exact) mass is 161 g/mol. The molecule has 0 bridgehead atoms. The third-order valence-electron chi connectivity index (χ3n) is 0.965. The number of rotatable bonds is 2. The molecule has 1 heterocycles. The van der Waals surface area contributed by atoms with Gasteiger partial charge < -0.3 is 5.11 Å². The Bertz CT molecular complexity index is 248. The first kappa shape index (κ1) is 7.14. The maximum absolute atomic E-state index is 11.9. The maximum Gasteiger partial charge on any atom is 0.355 e. The Morgan fingerprint density at radius 2 is 2.60 bits per heavy atom. The Labute approximate surface area is 60.1 Å². The third kappa shape index (κ3) is 1.13. The van der Waals surface area contributed by atoms with E-state index in [2.05, 4.69) is 4.98 Å². The number of aromatic carboxylic acids is 1. The van der Waals surface area contributed by atoms with Crippen molar-refractivity contribution in [3.05, 3.63) is 16.1 Å². The fourth-order valence-corrected chi connectivity index (χ4v) is 1.14. The highest BCUT2D eigenvalue weighted by atomic mass is 32.1. The van der Waals surface area contributed by atoms with Crippen LogP contribution in [0.5, 0.6) is 0 Å². The Balaban J connectivity index is 3.01. The molecule has 0 aliphatic heterocycles. The topological polar surface area (TPSA) is 50.2 Å². The number of hydrogen-bond acceptors (Lipinski definition) is 3. The van der Waals surface area contributed by atoms with Gasteiger partial charge in [-0.25, -0.2) is 14.2 Å². The van der Waals surface area contributed by atoms with Gasteiger partial charge in [-0.15, -0.1) is 11.3 Å². The van der Waals surface area contributed by atoms with E-state index in [4.69, 9.17) is 5.11 Å². The van der Waals surface area contributed by atoms with Gasteiger partial charge >= 0.3 is 5.97 Å². The zero-order valence-corrected chi connectivity index (χ0v) is 5.69. The molecule has 54 valence electrons. The fourth-order valence-electron chi connectivity index (χ4n) is 0.540. The van der Waals surface area contributed by atoms with E-state index in [1.54, 1.807) is 0 Å². The lowest BCUT2D eigenvalue weighted by molar-refractivity contribution is 0.0689. The van der Waals surface area contributed by atoms with Gasteiger partial charge in [0.15, 0.2) is 5.69 Å². The molecule has 0 saturated carbocycles. The van der Waals surface area contributed by atoms with Crippen LogP contribution in [0.2, 0.25) is 0 Å². The van der Waals surface area contributed by atoms with Crippen LogP contribution < -0.4 is 0 Å². The van der Waals surface area contributed by atoms with Crippen LogP contribution in [-0.2, 0) is 6.67 Å². The summed E-state index contributed by atoms with van der Waals surface area (Å²) in [6.07, 6.45) is 0. The zero-order chi connectivity index (χ0) is 7.56. The summed E-state index contributed by atoms with van der Waals surface area (Å²) in [7, 11) is 0. The molecular weight excluding hydrogens is 157 g/mol. The minimum Gasteiger partial charge on any atom is -0.476 e. The Hall–Kier alpha value is -0.970. The number of aromatic nitrogens is 1. The van der Waals surface area contributed by atoms with Crippen LogP contribution in [0.4, 0.5) is 4.39 Å². The van der Waals surface area contributed by atoms with Crippen molar-refractivity contribution in [3.63, 3.8) is 0 Å². The molecule has 0 aliphatic carbocycles. The molecule has 0 spiro atoms. The van der Waals surface area contributed by atoms with Crippen molar-refractivity contribution in [2.24, 2.45) is 0 Å². The molecule has 0 fully saturated rings. The molecule has 1 aromatic rings. The van der Waals surface area contributed by atoms with Crippen LogP contribution >= 0.6 is 11.3 Å². The summed E-state index contributed by atoms with van der Waals surface area (Å²) in [4.78, 5) is 13.9. The third-order valence-corrected chi connectivity index (χ3v) is 1.76. The quantitative estimate of drug-likeness (QED) is 0.711. The molecule has 0 saturated heterocycles. The first-order valence-corrected chi connectivity index (χ1v) is 3.35. The van der Waals surface area contributed by atoms with E-state index >= 15 is 0 Å². The van der Waals surface area contributed by atoms with E-state index in [1.807, 2.05) is 0 Å². The van der Waals surface area contributed by atoms with Crippen molar-refractivity contribution in [2.75, 3.05) is 0 Å². The van der Waals surface area contributed by atoms with Gasteiger partial charge in [-0.05, 0) is 0 Å². The van der Waals surface area contributed by atoms with E-state index in [-0.39, 0.29) is 10.6 Å². The number of hydrogen-bond donors (Lipinski definition) is 1. The van der Waals surface area contributed by atoms with Crippen molar-refractivity contribution < 1.29 is 14.3 Å². The van der Waals surface area contributed by atoms with Crippen LogP contribution in [0, 0.1) is 0 Å².